The van der Waals surface area contributed by atoms with Crippen molar-refractivity contribution in [3.63, 3.8) is 0 Å². The Hall–Kier alpha value is -0.900. The molecule has 0 aliphatic heterocycles. The highest BCUT2D eigenvalue weighted by molar-refractivity contribution is 4.98. The average molecular weight is 237 g/mol. The SMILES string of the molecule is CC1CCCC(C(N)c2noc(C(C)C)n2)C1. The molecule has 1 aliphatic carbocycles. The van der Waals surface area contributed by atoms with E-state index in [1.54, 1.807) is 0 Å². The number of hydrogen-bond acceptors (Lipinski definition) is 4. The fourth-order valence-corrected chi connectivity index (χ4v) is 2.64. The van der Waals surface area contributed by atoms with Gasteiger partial charge in [-0.05, 0) is 24.7 Å². The molecule has 1 heterocycles. The van der Waals surface area contributed by atoms with Crippen molar-refractivity contribution >= 4 is 0 Å². The first-order valence-electron chi connectivity index (χ1n) is 6.67. The normalized spacial score (nSPS) is 27.4. The highest BCUT2D eigenvalue weighted by Crippen LogP contribution is 2.35. The summed E-state index contributed by atoms with van der Waals surface area (Å²) in [7, 11) is 0. The molecule has 4 heteroatoms. The Balaban J connectivity index is 2.04. The van der Waals surface area contributed by atoms with E-state index in [1.165, 1.54) is 25.7 Å². The summed E-state index contributed by atoms with van der Waals surface area (Å²) in [6, 6.07) is -0.0611. The molecule has 3 unspecified atom stereocenters. The van der Waals surface area contributed by atoms with Gasteiger partial charge in [0.25, 0.3) is 0 Å². The number of aromatic nitrogens is 2. The molecule has 1 saturated carbocycles. The van der Waals surface area contributed by atoms with Gasteiger partial charge in [0.05, 0.1) is 6.04 Å². The molecule has 17 heavy (non-hydrogen) atoms. The van der Waals surface area contributed by atoms with Gasteiger partial charge in [0.2, 0.25) is 5.89 Å². The van der Waals surface area contributed by atoms with Crippen LogP contribution >= 0.6 is 0 Å². The van der Waals surface area contributed by atoms with Crippen LogP contribution in [0.15, 0.2) is 4.52 Å². The summed E-state index contributed by atoms with van der Waals surface area (Å²) < 4.78 is 5.22. The molecule has 0 bridgehead atoms. The van der Waals surface area contributed by atoms with Crippen molar-refractivity contribution in [2.75, 3.05) is 0 Å². The van der Waals surface area contributed by atoms with Gasteiger partial charge in [0, 0.05) is 5.92 Å². The summed E-state index contributed by atoms with van der Waals surface area (Å²) in [4.78, 5) is 4.41. The molecule has 2 rings (SSSR count). The maximum atomic E-state index is 6.26. The van der Waals surface area contributed by atoms with Crippen LogP contribution in [-0.4, -0.2) is 10.1 Å². The van der Waals surface area contributed by atoms with Crippen molar-refractivity contribution in [2.24, 2.45) is 17.6 Å². The van der Waals surface area contributed by atoms with E-state index in [4.69, 9.17) is 10.3 Å². The largest absolute Gasteiger partial charge is 0.339 e. The second-order valence-electron chi connectivity index (χ2n) is 5.70. The van der Waals surface area contributed by atoms with Crippen LogP contribution in [-0.2, 0) is 0 Å². The van der Waals surface area contributed by atoms with Crippen LogP contribution in [0.3, 0.4) is 0 Å². The molecule has 0 spiro atoms. The lowest BCUT2D eigenvalue weighted by atomic mass is 9.78. The van der Waals surface area contributed by atoms with Crippen molar-refractivity contribution in [3.8, 4) is 0 Å². The Labute approximate surface area is 103 Å². The summed E-state index contributed by atoms with van der Waals surface area (Å²) in [6.07, 6.45) is 4.98. The maximum Gasteiger partial charge on any atom is 0.229 e. The molecule has 1 aliphatic rings. The molecule has 1 aromatic rings. The Morgan fingerprint density at radius 3 is 2.71 bits per heavy atom. The number of nitrogens with zero attached hydrogens (tertiary/aromatic N) is 2. The van der Waals surface area contributed by atoms with Crippen molar-refractivity contribution in [1.82, 2.24) is 10.1 Å². The van der Waals surface area contributed by atoms with Crippen LogP contribution in [0.4, 0.5) is 0 Å². The van der Waals surface area contributed by atoms with Gasteiger partial charge in [-0.15, -0.1) is 0 Å². The van der Waals surface area contributed by atoms with E-state index < -0.39 is 0 Å². The van der Waals surface area contributed by atoms with Gasteiger partial charge in [0.1, 0.15) is 0 Å². The first-order valence-corrected chi connectivity index (χ1v) is 6.67. The van der Waals surface area contributed by atoms with Gasteiger partial charge in [-0.2, -0.15) is 4.98 Å². The zero-order valence-electron chi connectivity index (χ0n) is 11.0. The van der Waals surface area contributed by atoms with Crippen LogP contribution in [0.5, 0.6) is 0 Å². The predicted molar refractivity (Wildman–Crippen MR) is 66.4 cm³/mol. The van der Waals surface area contributed by atoms with E-state index in [-0.39, 0.29) is 12.0 Å². The van der Waals surface area contributed by atoms with Crippen molar-refractivity contribution in [2.45, 2.75) is 58.4 Å². The molecular formula is C13H23N3O. The third-order valence-corrected chi connectivity index (χ3v) is 3.73. The maximum absolute atomic E-state index is 6.26. The first-order chi connectivity index (χ1) is 8.08. The smallest absolute Gasteiger partial charge is 0.229 e. The summed E-state index contributed by atoms with van der Waals surface area (Å²) in [5, 5.41) is 4.03. The third kappa shape index (κ3) is 2.86. The minimum atomic E-state index is -0.0611. The monoisotopic (exact) mass is 237 g/mol. The Morgan fingerprint density at radius 1 is 1.35 bits per heavy atom. The molecule has 2 N–H and O–H groups in total. The lowest BCUT2D eigenvalue weighted by Crippen LogP contribution is -2.27. The zero-order chi connectivity index (χ0) is 12.4. The average Bonchev–Trinajstić information content (AvgIpc) is 2.77. The van der Waals surface area contributed by atoms with Crippen LogP contribution in [0.2, 0.25) is 0 Å². The Morgan fingerprint density at radius 2 is 2.12 bits per heavy atom. The zero-order valence-corrected chi connectivity index (χ0v) is 11.0. The molecule has 0 aromatic carbocycles. The Kier molecular flexibility index (Phi) is 3.82. The molecule has 3 atom stereocenters. The molecular weight excluding hydrogens is 214 g/mol. The lowest BCUT2D eigenvalue weighted by molar-refractivity contribution is 0.239. The van der Waals surface area contributed by atoms with E-state index in [0.29, 0.717) is 17.6 Å². The topological polar surface area (TPSA) is 64.9 Å². The van der Waals surface area contributed by atoms with Gasteiger partial charge >= 0.3 is 0 Å². The molecule has 0 amide bonds. The fraction of sp³-hybridized carbons (Fsp3) is 0.846. The second kappa shape index (κ2) is 5.17. The quantitative estimate of drug-likeness (QED) is 0.877. The number of rotatable bonds is 3. The predicted octanol–water partition coefficient (Wildman–Crippen LogP) is 3.02. The lowest BCUT2D eigenvalue weighted by Gasteiger charge is -2.29. The van der Waals surface area contributed by atoms with E-state index >= 15 is 0 Å². The standard InChI is InChI=1S/C13H23N3O/c1-8(2)13-15-12(16-17-13)11(14)10-6-4-5-9(3)7-10/h8-11H,4-7,14H2,1-3H3. The second-order valence-corrected chi connectivity index (χ2v) is 5.70. The van der Waals surface area contributed by atoms with Gasteiger partial charge in [-0.25, -0.2) is 0 Å². The van der Waals surface area contributed by atoms with E-state index in [1.807, 2.05) is 13.8 Å². The Bertz CT molecular complexity index is 361. The van der Waals surface area contributed by atoms with Gasteiger partial charge in [0.15, 0.2) is 5.82 Å². The molecule has 1 fully saturated rings. The number of nitrogens with two attached hydrogens (primary N) is 1. The summed E-state index contributed by atoms with van der Waals surface area (Å²) in [5.74, 6) is 2.94. The molecule has 0 saturated heterocycles. The minimum absolute atomic E-state index is 0.0611. The van der Waals surface area contributed by atoms with Gasteiger partial charge in [-0.3, -0.25) is 0 Å². The fourth-order valence-electron chi connectivity index (χ4n) is 2.64. The third-order valence-electron chi connectivity index (χ3n) is 3.73. The molecule has 1 aromatic heterocycles. The first kappa shape index (κ1) is 12.6. The highest BCUT2D eigenvalue weighted by atomic mass is 16.5. The summed E-state index contributed by atoms with van der Waals surface area (Å²) in [6.45, 7) is 6.39. The molecule has 0 radical (unpaired) electrons. The number of hydrogen-bond donors (Lipinski definition) is 1. The van der Waals surface area contributed by atoms with Crippen LogP contribution in [0.25, 0.3) is 0 Å². The van der Waals surface area contributed by atoms with Crippen molar-refractivity contribution < 1.29 is 4.52 Å². The van der Waals surface area contributed by atoms with Gasteiger partial charge in [-0.1, -0.05) is 38.8 Å². The van der Waals surface area contributed by atoms with Crippen molar-refractivity contribution in [3.05, 3.63) is 11.7 Å². The van der Waals surface area contributed by atoms with Crippen LogP contribution in [0.1, 0.15) is 70.1 Å². The van der Waals surface area contributed by atoms with E-state index in [9.17, 15) is 0 Å². The highest BCUT2D eigenvalue weighted by Gasteiger charge is 2.28. The summed E-state index contributed by atoms with van der Waals surface area (Å²) >= 11 is 0. The van der Waals surface area contributed by atoms with Crippen molar-refractivity contribution in [1.29, 1.82) is 0 Å². The minimum Gasteiger partial charge on any atom is -0.339 e. The van der Waals surface area contributed by atoms with Crippen LogP contribution in [0, 0.1) is 11.8 Å². The van der Waals surface area contributed by atoms with E-state index in [0.717, 1.165) is 5.92 Å². The molecule has 96 valence electrons. The van der Waals surface area contributed by atoms with Gasteiger partial charge < -0.3 is 10.3 Å². The molecule has 4 nitrogen and oxygen atoms in total. The summed E-state index contributed by atoms with van der Waals surface area (Å²) in [5.41, 5.74) is 6.26. The van der Waals surface area contributed by atoms with E-state index in [2.05, 4.69) is 17.1 Å². The van der Waals surface area contributed by atoms with Crippen LogP contribution < -0.4 is 5.73 Å².